The molecule has 5 nitrogen and oxygen atoms in total. The van der Waals surface area contributed by atoms with E-state index in [4.69, 9.17) is 0 Å². The molecule has 1 atom stereocenters. The topological polar surface area (TPSA) is 66.5 Å². The van der Waals surface area contributed by atoms with E-state index in [0.717, 1.165) is 21.0 Å². The molecule has 7 heteroatoms. The predicted octanol–water partition coefficient (Wildman–Crippen LogP) is 4.52. The van der Waals surface area contributed by atoms with Crippen LogP contribution in [0.1, 0.15) is 29.7 Å². The van der Waals surface area contributed by atoms with E-state index < -0.39 is 28.3 Å². The molecule has 31 heavy (non-hydrogen) atoms. The first-order chi connectivity index (χ1) is 14.7. The number of amides is 1. The molecule has 0 saturated heterocycles. The molecule has 0 fully saturated rings. The van der Waals surface area contributed by atoms with Crippen molar-refractivity contribution in [3.63, 3.8) is 0 Å². The minimum Gasteiger partial charge on any atom is -0.348 e. The minimum absolute atomic E-state index is 0.0507. The van der Waals surface area contributed by atoms with Gasteiger partial charge in [0.2, 0.25) is 5.91 Å². The van der Waals surface area contributed by atoms with Gasteiger partial charge < -0.3 is 5.32 Å². The van der Waals surface area contributed by atoms with Crippen molar-refractivity contribution in [2.45, 2.75) is 31.7 Å². The fraction of sp³-hybridized carbons (Fsp3) is 0.208. The van der Waals surface area contributed by atoms with Gasteiger partial charge in [0.15, 0.2) is 0 Å². The van der Waals surface area contributed by atoms with Crippen LogP contribution in [-0.4, -0.2) is 20.9 Å². The van der Waals surface area contributed by atoms with Crippen molar-refractivity contribution >= 4 is 21.6 Å². The molecule has 0 unspecified atom stereocenters. The van der Waals surface area contributed by atoms with E-state index in [0.29, 0.717) is 0 Å². The van der Waals surface area contributed by atoms with E-state index in [9.17, 15) is 17.6 Å². The van der Waals surface area contributed by atoms with Crippen LogP contribution in [0.4, 0.5) is 10.1 Å². The number of halogens is 1. The summed E-state index contributed by atoms with van der Waals surface area (Å²) >= 11 is 0. The average Bonchev–Trinajstić information content (AvgIpc) is 2.75. The van der Waals surface area contributed by atoms with Gasteiger partial charge in [-0.25, -0.2) is 12.8 Å². The summed E-state index contributed by atoms with van der Waals surface area (Å²) in [6, 6.07) is 18.5. The van der Waals surface area contributed by atoms with Crippen LogP contribution in [0, 0.1) is 19.7 Å². The zero-order valence-electron chi connectivity index (χ0n) is 17.7. The zero-order valence-corrected chi connectivity index (χ0v) is 18.5. The predicted molar refractivity (Wildman–Crippen MR) is 120 cm³/mol. The first-order valence-corrected chi connectivity index (χ1v) is 11.3. The highest BCUT2D eigenvalue weighted by molar-refractivity contribution is 7.92. The first-order valence-electron chi connectivity index (χ1n) is 9.88. The largest absolute Gasteiger partial charge is 0.348 e. The van der Waals surface area contributed by atoms with E-state index in [1.807, 2.05) is 39.0 Å². The average molecular weight is 441 g/mol. The highest BCUT2D eigenvalue weighted by Crippen LogP contribution is 2.24. The standard InChI is InChI=1S/C24H25FN2O3S/c1-17-9-10-18(2)23(15-17)19(3)26-24(28)16-27(21-13-11-20(25)12-14-21)31(29,30)22-7-5-4-6-8-22/h4-15,19H,16H2,1-3H3,(H,26,28)/t19-/m0/s1. The van der Waals surface area contributed by atoms with Gasteiger partial charge in [-0.1, -0.05) is 42.0 Å². The number of carbonyl (C=O) groups is 1. The van der Waals surface area contributed by atoms with Gasteiger partial charge in [0.25, 0.3) is 10.0 Å². The molecule has 0 radical (unpaired) electrons. The number of anilines is 1. The minimum atomic E-state index is -4.03. The molecule has 3 rings (SSSR count). The summed E-state index contributed by atoms with van der Waals surface area (Å²) in [6.45, 7) is 5.36. The van der Waals surface area contributed by atoms with E-state index in [2.05, 4.69) is 5.32 Å². The molecule has 162 valence electrons. The Labute approximate surface area is 182 Å². The van der Waals surface area contributed by atoms with E-state index in [1.54, 1.807) is 18.2 Å². The Kier molecular flexibility index (Phi) is 6.75. The molecular weight excluding hydrogens is 415 g/mol. The van der Waals surface area contributed by atoms with Crippen LogP contribution in [0.15, 0.2) is 77.7 Å². The highest BCUT2D eigenvalue weighted by Gasteiger charge is 2.27. The summed E-state index contributed by atoms with van der Waals surface area (Å²) in [5.74, 6) is -0.953. The second-order valence-electron chi connectivity index (χ2n) is 7.45. The smallest absolute Gasteiger partial charge is 0.264 e. The molecular formula is C24H25FN2O3S. The van der Waals surface area contributed by atoms with Crippen LogP contribution in [0.25, 0.3) is 0 Å². The SMILES string of the molecule is Cc1ccc(C)c([C@H](C)NC(=O)CN(c2ccc(F)cc2)S(=O)(=O)c2ccccc2)c1. The second kappa shape index (κ2) is 9.31. The van der Waals surface area contributed by atoms with Crippen LogP contribution < -0.4 is 9.62 Å². The fourth-order valence-corrected chi connectivity index (χ4v) is 4.81. The Morgan fingerprint density at radius 1 is 1.00 bits per heavy atom. The molecule has 0 spiro atoms. The van der Waals surface area contributed by atoms with Gasteiger partial charge in [-0.05, 0) is 68.3 Å². The Hall–Kier alpha value is -3.19. The molecule has 0 aliphatic heterocycles. The second-order valence-corrected chi connectivity index (χ2v) is 9.31. The third-order valence-electron chi connectivity index (χ3n) is 5.01. The first kappa shape index (κ1) is 22.5. The number of rotatable bonds is 7. The Balaban J connectivity index is 1.89. The Morgan fingerprint density at radius 3 is 2.29 bits per heavy atom. The number of nitrogens with one attached hydrogen (secondary N) is 1. The molecule has 3 aromatic carbocycles. The number of sulfonamides is 1. The van der Waals surface area contributed by atoms with Gasteiger partial charge >= 0.3 is 0 Å². The van der Waals surface area contributed by atoms with Crippen molar-refractivity contribution in [1.29, 1.82) is 0 Å². The Bertz CT molecular complexity index is 1160. The summed E-state index contributed by atoms with van der Waals surface area (Å²) in [7, 11) is -4.03. The van der Waals surface area contributed by atoms with Gasteiger partial charge in [0.1, 0.15) is 12.4 Å². The van der Waals surface area contributed by atoms with Gasteiger partial charge in [0, 0.05) is 0 Å². The molecule has 0 heterocycles. The summed E-state index contributed by atoms with van der Waals surface area (Å²) in [5, 5.41) is 2.88. The van der Waals surface area contributed by atoms with Gasteiger partial charge in [-0.15, -0.1) is 0 Å². The van der Waals surface area contributed by atoms with E-state index in [1.165, 1.54) is 36.4 Å². The highest BCUT2D eigenvalue weighted by atomic mass is 32.2. The van der Waals surface area contributed by atoms with Crippen molar-refractivity contribution < 1.29 is 17.6 Å². The van der Waals surface area contributed by atoms with Gasteiger partial charge in [0.05, 0.1) is 16.6 Å². The lowest BCUT2D eigenvalue weighted by molar-refractivity contribution is -0.120. The normalized spacial score (nSPS) is 12.3. The van der Waals surface area contributed by atoms with Crippen molar-refractivity contribution in [2.75, 3.05) is 10.8 Å². The molecule has 3 aromatic rings. The van der Waals surface area contributed by atoms with Crippen molar-refractivity contribution in [2.24, 2.45) is 0 Å². The molecule has 1 N–H and O–H groups in total. The zero-order chi connectivity index (χ0) is 22.6. The lowest BCUT2D eigenvalue weighted by Crippen LogP contribution is -2.41. The summed E-state index contributed by atoms with van der Waals surface area (Å²) < 4.78 is 40.9. The van der Waals surface area contributed by atoms with Crippen LogP contribution in [0.2, 0.25) is 0 Å². The van der Waals surface area contributed by atoms with E-state index >= 15 is 0 Å². The maximum absolute atomic E-state index is 13.4. The molecule has 0 aromatic heterocycles. The van der Waals surface area contributed by atoms with Crippen molar-refractivity contribution in [1.82, 2.24) is 5.32 Å². The summed E-state index contributed by atoms with van der Waals surface area (Å²) in [4.78, 5) is 12.9. The third kappa shape index (κ3) is 5.30. The third-order valence-corrected chi connectivity index (χ3v) is 6.80. The number of hydrogen-bond acceptors (Lipinski definition) is 3. The summed E-state index contributed by atoms with van der Waals surface area (Å²) in [5.41, 5.74) is 3.28. The van der Waals surface area contributed by atoms with Crippen LogP contribution in [-0.2, 0) is 14.8 Å². The quantitative estimate of drug-likeness (QED) is 0.588. The molecule has 0 aliphatic carbocycles. The van der Waals surface area contributed by atoms with Crippen LogP contribution >= 0.6 is 0 Å². The fourth-order valence-electron chi connectivity index (χ4n) is 3.36. The van der Waals surface area contributed by atoms with Gasteiger partial charge in [-0.2, -0.15) is 0 Å². The van der Waals surface area contributed by atoms with E-state index in [-0.39, 0.29) is 16.6 Å². The molecule has 0 bridgehead atoms. The monoisotopic (exact) mass is 440 g/mol. The number of benzene rings is 3. The summed E-state index contributed by atoms with van der Waals surface area (Å²) in [6.07, 6.45) is 0. The number of hydrogen-bond donors (Lipinski definition) is 1. The maximum Gasteiger partial charge on any atom is 0.264 e. The molecule has 0 aliphatic rings. The van der Waals surface area contributed by atoms with Gasteiger partial charge in [-0.3, -0.25) is 9.10 Å². The number of nitrogens with zero attached hydrogens (tertiary/aromatic N) is 1. The lowest BCUT2D eigenvalue weighted by atomic mass is 10.00. The molecule has 1 amide bonds. The van der Waals surface area contributed by atoms with Crippen molar-refractivity contribution in [3.8, 4) is 0 Å². The Morgan fingerprint density at radius 2 is 1.65 bits per heavy atom. The van der Waals surface area contributed by atoms with Crippen LogP contribution in [0.5, 0.6) is 0 Å². The number of aryl methyl sites for hydroxylation is 2. The number of carbonyl (C=O) groups excluding carboxylic acids is 1. The van der Waals surface area contributed by atoms with Crippen LogP contribution in [0.3, 0.4) is 0 Å². The maximum atomic E-state index is 13.4. The lowest BCUT2D eigenvalue weighted by Gasteiger charge is -2.25. The van der Waals surface area contributed by atoms with Crippen molar-refractivity contribution in [3.05, 3.63) is 95.3 Å². The molecule has 0 saturated carbocycles.